The summed E-state index contributed by atoms with van der Waals surface area (Å²) in [4.78, 5) is 5.26. The molecule has 1 N–H and O–H groups in total. The van der Waals surface area contributed by atoms with Crippen molar-refractivity contribution in [2.75, 3.05) is 59.9 Å². The lowest BCUT2D eigenvalue weighted by atomic mass is 9.73. The molecule has 21 heavy (non-hydrogen) atoms. The molecule has 0 atom stereocenters. The molecule has 0 aromatic heterocycles. The first-order valence-corrected chi connectivity index (χ1v) is 9.02. The molecule has 3 aliphatic heterocycles. The molecule has 0 bridgehead atoms. The molecule has 0 radical (unpaired) electrons. The van der Waals surface area contributed by atoms with Gasteiger partial charge in [0.25, 0.3) is 0 Å². The average molecular weight is 297 g/mol. The molecular weight excluding hydrogens is 260 g/mol. The monoisotopic (exact) mass is 296 g/mol. The molecule has 3 heterocycles. The van der Waals surface area contributed by atoms with Crippen molar-refractivity contribution in [1.82, 2.24) is 20.2 Å². The molecule has 4 nitrogen and oxygen atoms in total. The number of hydrogen-bond acceptors (Lipinski definition) is 4. The van der Waals surface area contributed by atoms with Gasteiger partial charge in [-0.25, -0.2) is 5.01 Å². The van der Waals surface area contributed by atoms with E-state index in [-0.39, 0.29) is 0 Å². The molecule has 0 aliphatic carbocycles. The Morgan fingerprint density at radius 3 is 2.29 bits per heavy atom. The molecule has 0 unspecified atom stereocenters. The van der Waals surface area contributed by atoms with Gasteiger partial charge in [-0.05, 0) is 52.2 Å². The standard InChI is InChI=1S/C15H30N4.C2H6/c1-16-19-8-4-14(5-9-19)10-18-12-15(13-18)6-3-7-17(2)11-15;1-2/h14,16H,3-13H2,1-2H3;1-2H3. The van der Waals surface area contributed by atoms with Crippen molar-refractivity contribution < 1.29 is 0 Å². The zero-order valence-corrected chi connectivity index (χ0v) is 14.7. The van der Waals surface area contributed by atoms with E-state index in [2.05, 4.69) is 27.3 Å². The zero-order chi connectivity index (χ0) is 15.3. The van der Waals surface area contributed by atoms with Crippen LogP contribution in [0.15, 0.2) is 0 Å². The van der Waals surface area contributed by atoms with Crippen LogP contribution in [0.1, 0.15) is 39.5 Å². The first-order valence-electron chi connectivity index (χ1n) is 9.02. The highest BCUT2D eigenvalue weighted by atomic mass is 15.5. The molecule has 0 aromatic rings. The van der Waals surface area contributed by atoms with Gasteiger partial charge in [0.15, 0.2) is 0 Å². The highest BCUT2D eigenvalue weighted by Gasteiger charge is 2.45. The second-order valence-corrected chi connectivity index (χ2v) is 7.16. The second kappa shape index (κ2) is 7.91. The van der Waals surface area contributed by atoms with E-state index in [0.717, 1.165) is 5.92 Å². The first kappa shape index (κ1) is 17.2. The molecule has 1 spiro atoms. The van der Waals surface area contributed by atoms with E-state index in [9.17, 15) is 0 Å². The van der Waals surface area contributed by atoms with Gasteiger partial charge < -0.3 is 9.80 Å². The highest BCUT2D eigenvalue weighted by Crippen LogP contribution is 2.39. The van der Waals surface area contributed by atoms with Crippen LogP contribution in [-0.2, 0) is 0 Å². The van der Waals surface area contributed by atoms with E-state index >= 15 is 0 Å². The Kier molecular flexibility index (Phi) is 6.48. The van der Waals surface area contributed by atoms with Crippen molar-refractivity contribution in [3.63, 3.8) is 0 Å². The topological polar surface area (TPSA) is 21.8 Å². The van der Waals surface area contributed by atoms with E-state index < -0.39 is 0 Å². The molecule has 4 heteroatoms. The fraction of sp³-hybridized carbons (Fsp3) is 1.00. The van der Waals surface area contributed by atoms with Gasteiger partial charge in [0, 0.05) is 44.7 Å². The first-order chi connectivity index (χ1) is 10.2. The third kappa shape index (κ3) is 4.41. The fourth-order valence-electron chi connectivity index (χ4n) is 4.45. The number of nitrogens with one attached hydrogen (secondary N) is 1. The lowest BCUT2D eigenvalue weighted by Crippen LogP contribution is -2.63. The summed E-state index contributed by atoms with van der Waals surface area (Å²) in [5.41, 5.74) is 3.94. The molecule has 3 rings (SSSR count). The maximum Gasteiger partial charge on any atom is 0.0134 e. The fourth-order valence-corrected chi connectivity index (χ4v) is 4.45. The maximum absolute atomic E-state index is 3.27. The molecular formula is C17H36N4. The Hall–Kier alpha value is -0.160. The molecule has 3 fully saturated rings. The van der Waals surface area contributed by atoms with Gasteiger partial charge in [-0.2, -0.15) is 0 Å². The van der Waals surface area contributed by atoms with Gasteiger partial charge in [-0.3, -0.25) is 5.43 Å². The summed E-state index contributed by atoms with van der Waals surface area (Å²) < 4.78 is 0. The van der Waals surface area contributed by atoms with Crippen LogP contribution in [0.25, 0.3) is 0 Å². The van der Waals surface area contributed by atoms with Crippen molar-refractivity contribution in [1.29, 1.82) is 0 Å². The maximum atomic E-state index is 3.27. The molecule has 124 valence electrons. The Balaban J connectivity index is 0.000000774. The van der Waals surface area contributed by atoms with E-state index in [0.29, 0.717) is 5.41 Å². The predicted molar refractivity (Wildman–Crippen MR) is 90.3 cm³/mol. The average Bonchev–Trinajstić information content (AvgIpc) is 2.49. The summed E-state index contributed by atoms with van der Waals surface area (Å²) >= 11 is 0. The number of nitrogens with zero attached hydrogens (tertiary/aromatic N) is 3. The van der Waals surface area contributed by atoms with Crippen LogP contribution < -0.4 is 5.43 Å². The molecule has 3 aliphatic rings. The van der Waals surface area contributed by atoms with Crippen LogP contribution in [0.4, 0.5) is 0 Å². The van der Waals surface area contributed by atoms with Crippen molar-refractivity contribution in [2.45, 2.75) is 39.5 Å². The quantitative estimate of drug-likeness (QED) is 0.858. The largest absolute Gasteiger partial charge is 0.306 e. The van der Waals surface area contributed by atoms with E-state index in [4.69, 9.17) is 0 Å². The summed E-state index contributed by atoms with van der Waals surface area (Å²) in [6.45, 7) is 13.2. The van der Waals surface area contributed by atoms with E-state index in [1.54, 1.807) is 0 Å². The summed E-state index contributed by atoms with van der Waals surface area (Å²) in [5, 5.41) is 2.35. The second-order valence-electron chi connectivity index (χ2n) is 7.16. The van der Waals surface area contributed by atoms with Gasteiger partial charge in [-0.1, -0.05) is 13.8 Å². The van der Waals surface area contributed by atoms with Crippen molar-refractivity contribution in [3.05, 3.63) is 0 Å². The lowest BCUT2D eigenvalue weighted by Gasteiger charge is -2.55. The molecule has 3 saturated heterocycles. The predicted octanol–water partition coefficient (Wildman–Crippen LogP) is 1.89. The smallest absolute Gasteiger partial charge is 0.0134 e. The Labute approximate surface area is 131 Å². The van der Waals surface area contributed by atoms with Crippen molar-refractivity contribution in [3.8, 4) is 0 Å². The van der Waals surface area contributed by atoms with Gasteiger partial charge >= 0.3 is 0 Å². The minimum absolute atomic E-state index is 0.665. The summed E-state index contributed by atoms with van der Waals surface area (Å²) in [7, 11) is 4.33. The molecule has 0 amide bonds. The summed E-state index contributed by atoms with van der Waals surface area (Å²) in [6.07, 6.45) is 5.60. The van der Waals surface area contributed by atoms with Gasteiger partial charge in [0.2, 0.25) is 0 Å². The third-order valence-electron chi connectivity index (χ3n) is 5.42. The Morgan fingerprint density at radius 2 is 1.71 bits per heavy atom. The normalized spacial score (nSPS) is 28.0. The van der Waals surface area contributed by atoms with Crippen molar-refractivity contribution in [2.24, 2.45) is 11.3 Å². The molecule has 0 aromatic carbocycles. The number of likely N-dealkylation sites (tertiary alicyclic amines) is 2. The van der Waals surface area contributed by atoms with Crippen LogP contribution in [0.5, 0.6) is 0 Å². The van der Waals surface area contributed by atoms with Crippen LogP contribution in [0.3, 0.4) is 0 Å². The van der Waals surface area contributed by atoms with Crippen LogP contribution in [-0.4, -0.2) is 74.7 Å². The van der Waals surface area contributed by atoms with Crippen LogP contribution >= 0.6 is 0 Å². The Morgan fingerprint density at radius 1 is 1.05 bits per heavy atom. The number of rotatable bonds is 3. The number of piperidine rings is 2. The summed E-state index contributed by atoms with van der Waals surface area (Å²) in [5.74, 6) is 0.934. The van der Waals surface area contributed by atoms with Gasteiger partial charge in [-0.15, -0.1) is 0 Å². The number of hydrogen-bond donors (Lipinski definition) is 1. The Bertz CT molecular complexity index is 293. The molecule has 0 saturated carbocycles. The highest BCUT2D eigenvalue weighted by molar-refractivity contribution is 4.99. The van der Waals surface area contributed by atoms with Crippen LogP contribution in [0.2, 0.25) is 0 Å². The zero-order valence-electron chi connectivity index (χ0n) is 14.7. The third-order valence-corrected chi connectivity index (χ3v) is 5.42. The van der Waals surface area contributed by atoms with E-state index in [1.807, 2.05) is 20.9 Å². The lowest BCUT2D eigenvalue weighted by molar-refractivity contribution is -0.0591. The van der Waals surface area contributed by atoms with Gasteiger partial charge in [0.1, 0.15) is 0 Å². The van der Waals surface area contributed by atoms with E-state index in [1.165, 1.54) is 71.5 Å². The van der Waals surface area contributed by atoms with Crippen LogP contribution in [0, 0.1) is 11.3 Å². The van der Waals surface area contributed by atoms with Gasteiger partial charge in [0.05, 0.1) is 0 Å². The minimum Gasteiger partial charge on any atom is -0.306 e. The van der Waals surface area contributed by atoms with Crippen molar-refractivity contribution >= 4 is 0 Å². The summed E-state index contributed by atoms with van der Waals surface area (Å²) in [6, 6.07) is 0. The SMILES string of the molecule is CC.CNN1CCC(CN2CC3(CCCN(C)C3)C2)CC1. The minimum atomic E-state index is 0.665. The number of hydrazine groups is 1.